The number of methoxy groups -OCH3 is 1. The van der Waals surface area contributed by atoms with Crippen LogP contribution in [-0.2, 0) is 14.8 Å². The lowest BCUT2D eigenvalue weighted by Crippen LogP contribution is -2.32. The average molecular weight is 535 g/mol. The Bertz CT molecular complexity index is 1560. The first kappa shape index (κ1) is 26.9. The summed E-state index contributed by atoms with van der Waals surface area (Å²) in [6.45, 7) is 1.05. The van der Waals surface area contributed by atoms with E-state index in [1.807, 2.05) is 37.4 Å². The molecule has 0 saturated carbocycles. The van der Waals surface area contributed by atoms with Crippen molar-refractivity contribution in [3.63, 3.8) is 0 Å². The van der Waals surface area contributed by atoms with E-state index in [0.29, 0.717) is 58.6 Å². The SMILES string of the molecule is CNCCCN(c1ccc(N=C(c2ccccc2)c2c(O)[nH]c3cc(C(=O)OC)ccc23)cc1)S(C)(=O)=O. The highest BCUT2D eigenvalue weighted by atomic mass is 32.2. The Morgan fingerprint density at radius 1 is 1.05 bits per heavy atom. The second kappa shape index (κ2) is 11.5. The quantitative estimate of drug-likeness (QED) is 0.159. The molecule has 0 aliphatic heterocycles. The molecule has 1 heterocycles. The maximum Gasteiger partial charge on any atom is 0.337 e. The first-order chi connectivity index (χ1) is 18.2. The molecule has 0 fully saturated rings. The Kier molecular flexibility index (Phi) is 8.13. The number of nitrogens with zero attached hydrogens (tertiary/aromatic N) is 2. The lowest BCUT2D eigenvalue weighted by Gasteiger charge is -2.22. The zero-order valence-corrected chi connectivity index (χ0v) is 22.2. The van der Waals surface area contributed by atoms with Crippen LogP contribution < -0.4 is 9.62 Å². The number of fused-ring (bicyclic) bond motifs is 1. The number of hydrogen-bond acceptors (Lipinski definition) is 7. The number of aromatic amines is 1. The zero-order valence-electron chi connectivity index (χ0n) is 21.4. The summed E-state index contributed by atoms with van der Waals surface area (Å²) in [6.07, 6.45) is 1.86. The van der Waals surface area contributed by atoms with Crippen LogP contribution in [0.2, 0.25) is 0 Å². The molecule has 0 aliphatic rings. The number of aromatic hydroxyl groups is 1. The van der Waals surface area contributed by atoms with Crippen molar-refractivity contribution in [3.8, 4) is 5.88 Å². The third kappa shape index (κ3) is 5.87. The smallest absolute Gasteiger partial charge is 0.337 e. The number of carbonyl (C=O) groups is 1. The van der Waals surface area contributed by atoms with Gasteiger partial charge < -0.3 is 20.1 Å². The van der Waals surface area contributed by atoms with Gasteiger partial charge in [-0.05, 0) is 56.4 Å². The van der Waals surface area contributed by atoms with Crippen molar-refractivity contribution in [2.45, 2.75) is 6.42 Å². The summed E-state index contributed by atoms with van der Waals surface area (Å²) in [5.74, 6) is -0.567. The molecule has 0 spiro atoms. The van der Waals surface area contributed by atoms with Crippen LogP contribution in [0, 0.1) is 0 Å². The highest BCUT2D eigenvalue weighted by molar-refractivity contribution is 7.92. The molecule has 0 amide bonds. The van der Waals surface area contributed by atoms with Gasteiger partial charge in [0.25, 0.3) is 0 Å². The number of esters is 1. The van der Waals surface area contributed by atoms with E-state index in [1.165, 1.54) is 17.7 Å². The summed E-state index contributed by atoms with van der Waals surface area (Å²) in [4.78, 5) is 19.8. The lowest BCUT2D eigenvalue weighted by atomic mass is 10.00. The van der Waals surface area contributed by atoms with E-state index < -0.39 is 16.0 Å². The van der Waals surface area contributed by atoms with Crippen LogP contribution in [0.4, 0.5) is 11.4 Å². The molecule has 4 aromatic rings. The van der Waals surface area contributed by atoms with Crippen LogP contribution in [0.5, 0.6) is 5.88 Å². The number of anilines is 1. The van der Waals surface area contributed by atoms with Crippen LogP contribution >= 0.6 is 0 Å². The topological polar surface area (TPSA) is 124 Å². The Labute approximate surface area is 221 Å². The van der Waals surface area contributed by atoms with Gasteiger partial charge in [0.1, 0.15) is 0 Å². The van der Waals surface area contributed by atoms with Crippen molar-refractivity contribution in [2.24, 2.45) is 4.99 Å². The Morgan fingerprint density at radius 2 is 1.76 bits per heavy atom. The summed E-state index contributed by atoms with van der Waals surface area (Å²) in [7, 11) is -0.317. The number of H-pyrrole nitrogens is 1. The molecule has 3 aromatic carbocycles. The fourth-order valence-electron chi connectivity index (χ4n) is 4.24. The molecule has 9 nitrogen and oxygen atoms in total. The number of hydrogen-bond donors (Lipinski definition) is 3. The second-order valence-electron chi connectivity index (χ2n) is 8.74. The molecule has 0 bridgehead atoms. The molecule has 0 saturated heterocycles. The number of benzene rings is 3. The van der Waals surface area contributed by atoms with Crippen LogP contribution in [0.15, 0.2) is 77.8 Å². The van der Waals surface area contributed by atoms with Gasteiger partial charge in [0.15, 0.2) is 5.88 Å². The second-order valence-corrected chi connectivity index (χ2v) is 10.6. The molecular formula is C28H30N4O5S. The molecule has 0 atom stereocenters. The van der Waals surface area contributed by atoms with E-state index in [0.717, 1.165) is 5.56 Å². The van der Waals surface area contributed by atoms with Crippen LogP contribution in [0.1, 0.15) is 27.9 Å². The van der Waals surface area contributed by atoms with Gasteiger partial charge in [-0.25, -0.2) is 18.2 Å². The first-order valence-corrected chi connectivity index (χ1v) is 13.9. The Balaban J connectivity index is 1.78. The number of rotatable bonds is 10. The van der Waals surface area contributed by atoms with E-state index in [4.69, 9.17) is 9.73 Å². The van der Waals surface area contributed by atoms with Crippen molar-refractivity contribution in [1.29, 1.82) is 0 Å². The Hall–Kier alpha value is -4.15. The van der Waals surface area contributed by atoms with Gasteiger partial charge in [-0.1, -0.05) is 36.4 Å². The monoisotopic (exact) mass is 534 g/mol. The number of nitrogens with one attached hydrogen (secondary N) is 2. The molecule has 4 rings (SSSR count). The molecule has 1 aromatic heterocycles. The van der Waals surface area contributed by atoms with Crippen molar-refractivity contribution >= 4 is 44.0 Å². The fourth-order valence-corrected chi connectivity index (χ4v) is 5.20. The normalized spacial score (nSPS) is 12.0. The van der Waals surface area contributed by atoms with Gasteiger partial charge in [0.2, 0.25) is 10.0 Å². The third-order valence-corrected chi connectivity index (χ3v) is 7.24. The van der Waals surface area contributed by atoms with E-state index in [1.54, 1.807) is 42.5 Å². The van der Waals surface area contributed by atoms with Gasteiger partial charge >= 0.3 is 5.97 Å². The van der Waals surface area contributed by atoms with E-state index in [-0.39, 0.29) is 5.88 Å². The molecule has 0 aliphatic carbocycles. The number of aliphatic imine (C=N–C) groups is 1. The lowest BCUT2D eigenvalue weighted by molar-refractivity contribution is 0.0601. The maximum absolute atomic E-state index is 12.4. The summed E-state index contributed by atoms with van der Waals surface area (Å²) < 4.78 is 31.0. The minimum Gasteiger partial charge on any atom is -0.494 e. The first-order valence-electron chi connectivity index (χ1n) is 12.0. The largest absolute Gasteiger partial charge is 0.494 e. The summed E-state index contributed by atoms with van der Waals surface area (Å²) in [5.41, 5.74) is 3.81. The predicted octanol–water partition coefficient (Wildman–Crippen LogP) is 4.20. The van der Waals surface area contributed by atoms with E-state index >= 15 is 0 Å². The van der Waals surface area contributed by atoms with Gasteiger partial charge in [0.05, 0.1) is 41.6 Å². The molecule has 3 N–H and O–H groups in total. The molecule has 0 radical (unpaired) electrons. The van der Waals surface area contributed by atoms with Crippen LogP contribution in [0.25, 0.3) is 10.9 Å². The molecule has 10 heteroatoms. The standard InChI is InChI=1S/C28H30N4O5S/c1-29-16-7-17-32(38(3,35)36)22-13-11-21(12-14-22)30-26(19-8-5-4-6-9-19)25-23-15-10-20(28(34)37-2)18-24(23)31-27(25)33/h4-6,8-15,18,29,31,33H,7,16-17H2,1-3H3. The average Bonchev–Trinajstić information content (AvgIpc) is 3.24. The van der Waals surface area contributed by atoms with Crippen molar-refractivity contribution in [2.75, 3.05) is 37.8 Å². The summed E-state index contributed by atoms with van der Waals surface area (Å²) in [6, 6.07) is 21.4. The zero-order chi connectivity index (χ0) is 27.3. The van der Waals surface area contributed by atoms with E-state index in [2.05, 4.69) is 10.3 Å². The number of ether oxygens (including phenoxy) is 1. The predicted molar refractivity (Wildman–Crippen MR) is 150 cm³/mol. The molecular weight excluding hydrogens is 504 g/mol. The highest BCUT2D eigenvalue weighted by Gasteiger charge is 2.21. The van der Waals surface area contributed by atoms with Crippen molar-refractivity contribution < 1.29 is 23.1 Å². The fraction of sp³-hybridized carbons (Fsp3) is 0.214. The number of aromatic nitrogens is 1. The minimum atomic E-state index is -3.45. The number of sulfonamides is 1. The Morgan fingerprint density at radius 3 is 2.39 bits per heavy atom. The van der Waals surface area contributed by atoms with Gasteiger partial charge in [-0.15, -0.1) is 0 Å². The van der Waals surface area contributed by atoms with Gasteiger partial charge in [-0.3, -0.25) is 4.31 Å². The van der Waals surface area contributed by atoms with Crippen LogP contribution in [0.3, 0.4) is 0 Å². The minimum absolute atomic E-state index is 0.0889. The van der Waals surface area contributed by atoms with E-state index in [9.17, 15) is 18.3 Å². The van der Waals surface area contributed by atoms with Crippen molar-refractivity contribution in [3.05, 3.63) is 89.5 Å². The molecule has 198 valence electrons. The number of carbonyl (C=O) groups excluding carboxylic acids is 1. The summed E-state index contributed by atoms with van der Waals surface area (Å²) >= 11 is 0. The molecule has 38 heavy (non-hydrogen) atoms. The van der Waals surface area contributed by atoms with Crippen LogP contribution in [-0.4, -0.2) is 63.7 Å². The summed E-state index contributed by atoms with van der Waals surface area (Å²) in [5, 5.41) is 14.6. The third-order valence-electron chi connectivity index (χ3n) is 6.05. The maximum atomic E-state index is 12.4. The highest BCUT2D eigenvalue weighted by Crippen LogP contribution is 2.32. The molecule has 0 unspecified atom stereocenters. The van der Waals surface area contributed by atoms with Crippen molar-refractivity contribution in [1.82, 2.24) is 10.3 Å². The van der Waals surface area contributed by atoms with Gasteiger partial charge in [0, 0.05) is 23.0 Å². The van der Waals surface area contributed by atoms with Gasteiger partial charge in [-0.2, -0.15) is 0 Å².